The molecule has 1 rings (SSSR count). The maximum Gasteiger partial charge on any atom is 0.152 e. The van der Waals surface area contributed by atoms with Crippen molar-refractivity contribution in [2.45, 2.75) is 39.1 Å². The zero-order valence-corrected chi connectivity index (χ0v) is 8.66. The van der Waals surface area contributed by atoms with Gasteiger partial charge in [-0.3, -0.25) is 9.59 Å². The topological polar surface area (TPSA) is 77.2 Å². The Bertz CT molecular complexity index is 230. The molecule has 0 aromatic heterocycles. The van der Waals surface area contributed by atoms with Crippen molar-refractivity contribution in [3.63, 3.8) is 0 Å². The van der Waals surface area contributed by atoms with Crippen LogP contribution in [0.25, 0.3) is 0 Å². The molecule has 0 amide bonds. The molecule has 1 aliphatic rings. The summed E-state index contributed by atoms with van der Waals surface area (Å²) < 4.78 is 8.81. The molecule has 5 heteroatoms. The van der Waals surface area contributed by atoms with E-state index in [2.05, 4.69) is 0 Å². The van der Waals surface area contributed by atoms with Crippen LogP contribution < -0.4 is 5.73 Å². The first-order valence-electron chi connectivity index (χ1n) is 4.73. The van der Waals surface area contributed by atoms with E-state index in [0.717, 1.165) is 7.15 Å². The zero-order chi connectivity index (χ0) is 11.1. The molecule has 0 bridgehead atoms. The van der Waals surface area contributed by atoms with Gasteiger partial charge in [0.05, 0.1) is 6.04 Å². The van der Waals surface area contributed by atoms with Gasteiger partial charge in [-0.25, -0.2) is 0 Å². The number of hydrogen-bond donors (Lipinski definition) is 1. The number of nitrogens with two attached hydrogens (primary N) is 1. The van der Waals surface area contributed by atoms with Gasteiger partial charge in [-0.15, -0.1) is 0 Å². The SMILES string of the molecule is CB=O.CC1CC(=O)CCC(N)C1=O. The van der Waals surface area contributed by atoms with Gasteiger partial charge in [0.15, 0.2) is 5.78 Å². The van der Waals surface area contributed by atoms with E-state index >= 15 is 0 Å². The molecule has 1 aliphatic carbocycles. The summed E-state index contributed by atoms with van der Waals surface area (Å²) in [5, 5.41) is 0. The molecule has 4 nitrogen and oxygen atoms in total. The molecule has 0 aliphatic heterocycles. The second-order valence-electron chi connectivity index (χ2n) is 3.43. The summed E-state index contributed by atoms with van der Waals surface area (Å²) in [5.41, 5.74) is 5.53. The molecule has 2 unspecified atom stereocenters. The molecule has 0 spiro atoms. The molecule has 2 atom stereocenters. The Labute approximate surface area is 84.5 Å². The molecule has 1 fully saturated rings. The van der Waals surface area contributed by atoms with Gasteiger partial charge >= 0.3 is 18.7 Å². The number of carbonyl (C=O) groups is 2. The van der Waals surface area contributed by atoms with Crippen molar-refractivity contribution in [1.82, 2.24) is 0 Å². The van der Waals surface area contributed by atoms with E-state index in [4.69, 9.17) is 10.4 Å². The number of hydrogen-bond acceptors (Lipinski definition) is 4. The van der Waals surface area contributed by atoms with Gasteiger partial charge < -0.3 is 5.73 Å². The Kier molecular flexibility index (Phi) is 6.20. The third kappa shape index (κ3) is 4.41. The van der Waals surface area contributed by atoms with Crippen LogP contribution in [0.4, 0.5) is 0 Å². The third-order valence-corrected chi connectivity index (χ3v) is 2.12. The van der Waals surface area contributed by atoms with Crippen LogP contribution in [0.2, 0.25) is 6.82 Å². The van der Waals surface area contributed by atoms with E-state index in [-0.39, 0.29) is 17.5 Å². The van der Waals surface area contributed by atoms with Crippen LogP contribution >= 0.6 is 0 Å². The largest absolute Gasteiger partial charge is 0.321 e. The fourth-order valence-electron chi connectivity index (χ4n) is 1.37. The molecular formula is C9H16BNO3. The minimum Gasteiger partial charge on any atom is -0.321 e. The number of rotatable bonds is 0. The Morgan fingerprint density at radius 2 is 1.93 bits per heavy atom. The maximum absolute atomic E-state index is 11.2. The minimum atomic E-state index is -0.406. The first-order valence-corrected chi connectivity index (χ1v) is 4.73. The Morgan fingerprint density at radius 1 is 1.43 bits per heavy atom. The van der Waals surface area contributed by atoms with E-state index in [1.54, 1.807) is 6.92 Å². The van der Waals surface area contributed by atoms with Gasteiger partial charge in [-0.2, -0.15) is 0 Å². The number of ketones is 2. The van der Waals surface area contributed by atoms with Gasteiger partial charge in [0.1, 0.15) is 5.78 Å². The normalized spacial score (nSPS) is 27.1. The Balaban J connectivity index is 0.000000500. The van der Waals surface area contributed by atoms with Crippen molar-refractivity contribution in [2.24, 2.45) is 11.7 Å². The summed E-state index contributed by atoms with van der Waals surface area (Å²) >= 11 is 0. The quantitative estimate of drug-likeness (QED) is 0.449. The van der Waals surface area contributed by atoms with E-state index in [1.165, 1.54) is 6.82 Å². The van der Waals surface area contributed by atoms with E-state index in [0.29, 0.717) is 19.3 Å². The second kappa shape index (κ2) is 6.59. The van der Waals surface area contributed by atoms with Crippen LogP contribution in [0.5, 0.6) is 0 Å². The van der Waals surface area contributed by atoms with Gasteiger partial charge in [-0.05, 0) is 6.42 Å². The second-order valence-corrected chi connectivity index (χ2v) is 3.43. The molecule has 1 saturated carbocycles. The monoisotopic (exact) mass is 197 g/mol. The summed E-state index contributed by atoms with van der Waals surface area (Å²) in [5.74, 6) is 0.0367. The van der Waals surface area contributed by atoms with Crippen LogP contribution in [0.15, 0.2) is 0 Å². The van der Waals surface area contributed by atoms with Gasteiger partial charge in [-0.1, -0.05) is 6.92 Å². The predicted molar refractivity (Wildman–Crippen MR) is 53.3 cm³/mol. The van der Waals surface area contributed by atoms with Crippen molar-refractivity contribution in [1.29, 1.82) is 0 Å². The van der Waals surface area contributed by atoms with Gasteiger partial charge in [0.2, 0.25) is 0 Å². The first-order chi connectivity index (χ1) is 6.52. The smallest absolute Gasteiger partial charge is 0.152 e. The van der Waals surface area contributed by atoms with Crippen LogP contribution in [-0.4, -0.2) is 24.8 Å². The minimum absolute atomic E-state index is 0.0378. The van der Waals surface area contributed by atoms with Crippen LogP contribution in [0.3, 0.4) is 0 Å². The maximum atomic E-state index is 11.2. The Morgan fingerprint density at radius 3 is 2.43 bits per heavy atom. The third-order valence-electron chi connectivity index (χ3n) is 2.12. The Hall–Kier alpha value is -0.835. The zero-order valence-electron chi connectivity index (χ0n) is 8.66. The van der Waals surface area contributed by atoms with Crippen LogP contribution in [0.1, 0.15) is 26.2 Å². The molecule has 0 aromatic carbocycles. The fourth-order valence-corrected chi connectivity index (χ4v) is 1.37. The molecule has 78 valence electrons. The van der Waals surface area contributed by atoms with E-state index in [1.807, 2.05) is 0 Å². The molecule has 2 N–H and O–H groups in total. The van der Waals surface area contributed by atoms with E-state index < -0.39 is 6.04 Å². The molecule has 0 saturated heterocycles. The summed E-state index contributed by atoms with van der Waals surface area (Å²) in [6.45, 7) is 3.21. The molecular weight excluding hydrogens is 181 g/mol. The van der Waals surface area contributed by atoms with Crippen molar-refractivity contribution >= 4 is 18.7 Å². The number of carbonyl (C=O) groups excluding carboxylic acids is 2. The summed E-state index contributed by atoms with van der Waals surface area (Å²) in [6.07, 6.45) is 1.38. The van der Waals surface area contributed by atoms with E-state index in [9.17, 15) is 9.59 Å². The van der Waals surface area contributed by atoms with Crippen molar-refractivity contribution in [3.8, 4) is 0 Å². The van der Waals surface area contributed by atoms with Gasteiger partial charge in [0, 0.05) is 18.8 Å². The van der Waals surface area contributed by atoms with Crippen LogP contribution in [0, 0.1) is 5.92 Å². The standard InChI is InChI=1S/C8H13NO2.CH3BO/c1-5-4-6(10)2-3-7(9)8(5)11;1-2-3/h5,7H,2-4,9H2,1H3;1H3. The summed E-state index contributed by atoms with van der Waals surface area (Å²) in [6, 6.07) is -0.406. The summed E-state index contributed by atoms with van der Waals surface area (Å²) in [4.78, 5) is 22.2. The fraction of sp³-hybridized carbons (Fsp3) is 0.778. The molecule has 14 heavy (non-hydrogen) atoms. The predicted octanol–water partition coefficient (Wildman–Crippen LogP) is 0.356. The molecule has 0 heterocycles. The van der Waals surface area contributed by atoms with Crippen molar-refractivity contribution in [2.75, 3.05) is 0 Å². The van der Waals surface area contributed by atoms with Gasteiger partial charge in [0.25, 0.3) is 0 Å². The molecule has 0 radical (unpaired) electrons. The van der Waals surface area contributed by atoms with Crippen molar-refractivity contribution < 1.29 is 14.3 Å². The molecule has 0 aromatic rings. The van der Waals surface area contributed by atoms with Crippen molar-refractivity contribution in [3.05, 3.63) is 0 Å². The van der Waals surface area contributed by atoms with Crippen LogP contribution in [-0.2, 0) is 14.3 Å². The first kappa shape index (κ1) is 13.2. The summed E-state index contributed by atoms with van der Waals surface area (Å²) in [7, 11) is 0.750. The number of Topliss-reactive ketones (excluding diaryl/α,β-unsaturated/α-hetero) is 2. The average molecular weight is 197 g/mol. The average Bonchev–Trinajstić information content (AvgIpc) is 2.22.